The third kappa shape index (κ3) is 26.3. The van der Waals surface area contributed by atoms with Crippen LogP contribution in [0.4, 0.5) is 0 Å². The second kappa shape index (κ2) is 18.8. The molecule has 9 heteroatoms. The molecule has 4 nitrogen and oxygen atoms in total. The molecule has 30 heavy (non-hydrogen) atoms. The largest absolute Gasteiger partial charge is 1.00 e. The predicted octanol–water partition coefficient (Wildman–Crippen LogP) is -0.329. The summed E-state index contributed by atoms with van der Waals surface area (Å²) in [6, 6.07) is 0. The van der Waals surface area contributed by atoms with Crippen molar-refractivity contribution in [1.82, 2.24) is 0 Å². The van der Waals surface area contributed by atoms with E-state index < -0.39 is 16.6 Å². The molecule has 2 rings (SSSR count). The molecule has 0 atom stereocenters. The molecule has 0 fully saturated rings. The van der Waals surface area contributed by atoms with E-state index in [2.05, 4.69) is 65.3 Å². The van der Waals surface area contributed by atoms with Gasteiger partial charge in [-0.2, -0.15) is 12.2 Å². The second-order valence-corrected chi connectivity index (χ2v) is 19.8. The molecule has 0 saturated heterocycles. The van der Waals surface area contributed by atoms with Gasteiger partial charge >= 0.3 is 41.3 Å². The first-order valence-corrected chi connectivity index (χ1v) is 17.5. The van der Waals surface area contributed by atoms with Gasteiger partial charge in [-0.1, -0.05) is 0 Å². The van der Waals surface area contributed by atoms with Crippen molar-refractivity contribution in [1.29, 1.82) is 0 Å². The van der Waals surface area contributed by atoms with Gasteiger partial charge in [0.25, 0.3) is 0 Å². The molecule has 2 aliphatic carbocycles. The number of ether oxygens (including phenoxy) is 2. The summed E-state index contributed by atoms with van der Waals surface area (Å²) < 4.78 is 23.2. The van der Waals surface area contributed by atoms with Crippen LogP contribution in [-0.4, -0.2) is 33.4 Å². The fourth-order valence-corrected chi connectivity index (χ4v) is 2.33. The third-order valence-electron chi connectivity index (χ3n) is 2.77. The fourth-order valence-electron chi connectivity index (χ4n) is 1.51. The molecule has 2 aliphatic rings. The number of hydrogen-bond donors (Lipinski definition) is 0. The average Bonchev–Trinajstić information content (AvgIpc) is 3.18. The maximum absolute atomic E-state index is 5.52. The molecule has 0 saturated carbocycles. The van der Waals surface area contributed by atoms with Gasteiger partial charge in [0.2, 0.25) is 0 Å². The van der Waals surface area contributed by atoms with Crippen molar-refractivity contribution in [3.05, 3.63) is 48.0 Å². The molecule has 0 unspecified atom stereocenters. The van der Waals surface area contributed by atoms with Crippen LogP contribution < -0.4 is 24.8 Å². The fraction of sp³-hybridized carbons (Fsp3) is 0.571. The van der Waals surface area contributed by atoms with E-state index in [1.54, 1.807) is 24.2 Å². The van der Waals surface area contributed by atoms with Gasteiger partial charge in [-0.3, -0.25) is 12.2 Å². The number of halogens is 2. The molecular weight excluding hydrogens is 535 g/mol. The Balaban J connectivity index is -0.000000391. The van der Waals surface area contributed by atoms with Crippen LogP contribution in [0.2, 0.25) is 39.3 Å². The Kier molecular flexibility index (Phi) is 21.8. The average molecular weight is 571 g/mol. The van der Waals surface area contributed by atoms with E-state index >= 15 is 0 Å². The topological polar surface area (TPSA) is 36.9 Å². The zero-order valence-electron chi connectivity index (χ0n) is 19.5. The van der Waals surface area contributed by atoms with E-state index in [1.165, 1.54) is 3.21 Å². The minimum atomic E-state index is -1.42. The van der Waals surface area contributed by atoms with Gasteiger partial charge < -0.3 is 43.1 Å². The first kappa shape index (κ1) is 34.9. The molecule has 0 amide bonds. The summed E-state index contributed by atoms with van der Waals surface area (Å²) in [5, 5.41) is 0. The van der Waals surface area contributed by atoms with E-state index in [4.69, 9.17) is 18.3 Å². The Hall–Kier alpha value is 0.247. The molecule has 0 radical (unpaired) electrons. The maximum Gasteiger partial charge on any atom is 0.188 e. The van der Waals surface area contributed by atoms with E-state index in [1.807, 2.05) is 24.3 Å². The summed E-state index contributed by atoms with van der Waals surface area (Å²) >= 11 is 1.55. The van der Waals surface area contributed by atoms with Crippen LogP contribution >= 0.6 is 0 Å². The van der Waals surface area contributed by atoms with E-state index in [-0.39, 0.29) is 24.8 Å². The zero-order chi connectivity index (χ0) is 21.6. The van der Waals surface area contributed by atoms with Crippen LogP contribution in [0.5, 0.6) is 0 Å². The Labute approximate surface area is 213 Å². The van der Waals surface area contributed by atoms with Crippen LogP contribution in [0.3, 0.4) is 0 Å². The first-order valence-electron chi connectivity index (χ1n) is 9.48. The van der Waals surface area contributed by atoms with E-state index in [0.717, 1.165) is 24.4 Å². The summed E-state index contributed by atoms with van der Waals surface area (Å²) in [6.45, 7) is 17.8. The molecule has 0 N–H and O–H groups in total. The maximum atomic E-state index is 5.52. The van der Waals surface area contributed by atoms with Crippen molar-refractivity contribution >= 4 is 19.8 Å². The molecule has 0 heterocycles. The van der Waals surface area contributed by atoms with Gasteiger partial charge in [-0.25, -0.2) is 0 Å². The minimum absolute atomic E-state index is 0. The molecule has 0 spiro atoms. The van der Waals surface area contributed by atoms with Crippen LogP contribution in [-0.2, 0) is 42.6 Å². The molecule has 0 aromatic carbocycles. The van der Waals surface area contributed by atoms with Crippen LogP contribution in [0.25, 0.3) is 0 Å². The summed E-state index contributed by atoms with van der Waals surface area (Å²) in [5.41, 5.74) is 0. The predicted molar refractivity (Wildman–Crippen MR) is 118 cm³/mol. The third-order valence-corrected chi connectivity index (χ3v) is 4.73. The van der Waals surface area contributed by atoms with Gasteiger partial charge in [0.05, 0.1) is 0 Å². The normalized spacial score (nSPS) is 14.1. The molecule has 0 aliphatic heterocycles. The molecule has 172 valence electrons. The van der Waals surface area contributed by atoms with Crippen molar-refractivity contribution in [3.63, 3.8) is 0 Å². The van der Waals surface area contributed by atoms with Crippen molar-refractivity contribution in [2.24, 2.45) is 0 Å². The van der Waals surface area contributed by atoms with Gasteiger partial charge in [-0.05, 0) is 50.8 Å². The van der Waals surface area contributed by atoms with Crippen molar-refractivity contribution in [2.75, 3.05) is 13.6 Å². The van der Waals surface area contributed by atoms with Gasteiger partial charge in [0, 0.05) is 0 Å². The Morgan fingerprint density at radius 1 is 0.800 bits per heavy atom. The molecule has 0 aromatic heterocycles. The van der Waals surface area contributed by atoms with Gasteiger partial charge in [0.1, 0.15) is 0 Å². The molecule has 0 aromatic rings. The molecule has 0 bridgehead atoms. The second-order valence-electron chi connectivity index (χ2n) is 8.36. The number of hydrogen-bond acceptors (Lipinski definition) is 4. The van der Waals surface area contributed by atoms with E-state index in [0.29, 0.717) is 13.6 Å². The number of rotatable bonds is 8. The standard InChI is InChI=1S/2C9H15O2Si.C3H6.2ClH.Zr/c2*1-12(2,3)11-8-10-9-6-4-5-7-9;1-3-2;;;/h2*6-7H,4,8H2,1-3H3;1-2H3;2*1H;/q2*-1;;;;+2/p-2. The van der Waals surface area contributed by atoms with Crippen molar-refractivity contribution in [3.8, 4) is 0 Å². The summed E-state index contributed by atoms with van der Waals surface area (Å²) in [4.78, 5) is 0. The van der Waals surface area contributed by atoms with Gasteiger partial charge in [-0.15, -0.1) is 25.0 Å². The quantitative estimate of drug-likeness (QED) is 0.228. The summed E-state index contributed by atoms with van der Waals surface area (Å²) in [7, 11) is -2.83. The summed E-state index contributed by atoms with van der Waals surface area (Å²) in [5.74, 6) is 1.77. The zero-order valence-corrected chi connectivity index (χ0v) is 25.5. The Morgan fingerprint density at radius 2 is 1.10 bits per heavy atom. The minimum Gasteiger partial charge on any atom is -1.00 e. The van der Waals surface area contributed by atoms with E-state index in [9.17, 15) is 0 Å². The van der Waals surface area contributed by atoms with Gasteiger partial charge in [0.15, 0.2) is 30.2 Å². The van der Waals surface area contributed by atoms with Crippen molar-refractivity contribution in [2.45, 2.75) is 66.0 Å². The van der Waals surface area contributed by atoms with Crippen LogP contribution in [0.1, 0.15) is 26.7 Å². The number of allylic oxidation sites excluding steroid dienone is 6. The first-order chi connectivity index (χ1) is 12.9. The Morgan fingerprint density at radius 3 is 1.30 bits per heavy atom. The van der Waals surface area contributed by atoms with Crippen molar-refractivity contribution < 1.29 is 67.4 Å². The summed E-state index contributed by atoms with van der Waals surface area (Å²) in [6.07, 6.45) is 15.5. The van der Waals surface area contributed by atoms with Crippen LogP contribution in [0, 0.1) is 12.2 Å². The Bertz CT molecular complexity index is 543. The monoisotopic (exact) mass is 568 g/mol. The van der Waals surface area contributed by atoms with Crippen LogP contribution in [0.15, 0.2) is 35.8 Å². The smallest absolute Gasteiger partial charge is 0.188 e. The molecular formula is C21H36Cl2O4Si2Zr-2. The SMILES string of the molecule is C[C](C)=[Zr+2].C[Si](C)(C)OCOC1=CC[C-]=C1.C[Si](C)(C)OCOC1=CC[C-]=C1.[Cl-].[Cl-].